The third kappa shape index (κ3) is 7.91. The molecule has 0 spiro atoms. The van der Waals surface area contributed by atoms with Gasteiger partial charge in [-0.15, -0.1) is 33.3 Å². The zero-order valence-electron chi connectivity index (χ0n) is 17.3. The van der Waals surface area contributed by atoms with E-state index in [1.807, 2.05) is 29.8 Å². The molecule has 1 aromatic carbocycles. The molecule has 1 aromatic heterocycles. The number of fused-ring (bicyclic) bond motifs is 1. The van der Waals surface area contributed by atoms with Gasteiger partial charge < -0.3 is 19.0 Å². The molecule has 0 unspecified atom stereocenters. The number of nitrogens with zero attached hydrogens (tertiary/aromatic N) is 4. The molecule has 0 aliphatic carbocycles. The van der Waals surface area contributed by atoms with Crippen LogP contribution >= 0.6 is 23.2 Å². The minimum absolute atomic E-state index is 0.0517. The number of aromatic nitrogens is 2. The number of carbonyl (C=O) groups is 1. The lowest BCUT2D eigenvalue weighted by Gasteiger charge is -2.22. The van der Waals surface area contributed by atoms with E-state index in [-0.39, 0.29) is 25.6 Å². The molecule has 0 N–H and O–H groups in total. The summed E-state index contributed by atoms with van der Waals surface area (Å²) >= 11 is 11.8. The Morgan fingerprint density at radius 1 is 1.26 bits per heavy atom. The molecule has 0 saturated heterocycles. The molecule has 170 valence electrons. The van der Waals surface area contributed by atoms with Gasteiger partial charge >= 0.3 is 5.97 Å². The van der Waals surface area contributed by atoms with E-state index >= 15 is 0 Å². The lowest BCUT2D eigenvalue weighted by Crippen LogP contribution is -2.27. The number of carbonyl (C=O) groups excluding carboxylic acids is 1. The Bertz CT molecular complexity index is 897. The van der Waals surface area contributed by atoms with E-state index in [0.717, 1.165) is 22.5 Å². The maximum atomic E-state index is 11.8. The summed E-state index contributed by atoms with van der Waals surface area (Å²) in [4.78, 5) is 32.8. The molecule has 0 amide bonds. The van der Waals surface area contributed by atoms with Gasteiger partial charge in [0.2, 0.25) is 0 Å². The minimum atomic E-state index is -0.881. The van der Waals surface area contributed by atoms with Crippen molar-refractivity contribution in [3.8, 4) is 0 Å². The zero-order valence-corrected chi connectivity index (χ0v) is 18.8. The third-order valence-electron chi connectivity index (χ3n) is 4.60. The van der Waals surface area contributed by atoms with E-state index in [1.165, 1.54) is 12.2 Å². The summed E-state index contributed by atoms with van der Waals surface area (Å²) < 4.78 is 7.08. The molecule has 31 heavy (non-hydrogen) atoms. The number of hydrogen-bond acceptors (Lipinski definition) is 7. The lowest BCUT2D eigenvalue weighted by molar-refractivity contribution is -0.755. The summed E-state index contributed by atoms with van der Waals surface area (Å²) in [5.41, 5.74) is 2.92. The topological polar surface area (TPSA) is 99.7 Å². The first kappa shape index (κ1) is 24.7. The molecule has 2 rings (SSSR count). The maximum absolute atomic E-state index is 11.8. The Kier molecular flexibility index (Phi) is 10.4. The standard InChI is InChI=1S/C20H26Cl2N4O5/c1-24-18-8-7-16(25(11-9-21)12-10-22)15-17(18)23-19(24)5-4-6-20(27)30-13-2-3-14-31-26(28)29/h2-3,7-8,15H,4-6,9-14H2,1H3. The molecular weight excluding hydrogens is 447 g/mol. The van der Waals surface area contributed by atoms with Crippen LogP contribution < -0.4 is 4.90 Å². The summed E-state index contributed by atoms with van der Waals surface area (Å²) in [5.74, 6) is 1.58. The van der Waals surface area contributed by atoms with Gasteiger partial charge in [-0.25, -0.2) is 4.98 Å². The Morgan fingerprint density at radius 3 is 2.65 bits per heavy atom. The van der Waals surface area contributed by atoms with Crippen molar-refractivity contribution in [2.75, 3.05) is 43.0 Å². The van der Waals surface area contributed by atoms with E-state index in [1.54, 1.807) is 0 Å². The largest absolute Gasteiger partial charge is 0.461 e. The van der Waals surface area contributed by atoms with Crippen LogP contribution in [0.3, 0.4) is 0 Å². The first-order valence-electron chi connectivity index (χ1n) is 9.86. The van der Waals surface area contributed by atoms with Crippen LogP contribution in [-0.2, 0) is 27.8 Å². The molecule has 2 aromatic rings. The second kappa shape index (κ2) is 13.0. The fourth-order valence-corrected chi connectivity index (χ4v) is 3.48. The smallest absolute Gasteiger partial charge is 0.306 e. The first-order chi connectivity index (χ1) is 15.0. The number of rotatable bonds is 14. The van der Waals surface area contributed by atoms with Gasteiger partial charge in [0, 0.05) is 50.4 Å². The molecule has 11 heteroatoms. The first-order valence-corrected chi connectivity index (χ1v) is 10.9. The van der Waals surface area contributed by atoms with Crippen LogP contribution in [0.1, 0.15) is 18.7 Å². The van der Waals surface area contributed by atoms with E-state index < -0.39 is 5.09 Å². The SMILES string of the molecule is Cn1c(CCCC(=O)OCC=CCO[N+](=O)[O-])nc2cc(N(CCCl)CCCl)ccc21. The van der Waals surface area contributed by atoms with E-state index in [9.17, 15) is 14.9 Å². The van der Waals surface area contributed by atoms with Gasteiger partial charge in [-0.3, -0.25) is 4.79 Å². The minimum Gasteiger partial charge on any atom is -0.461 e. The number of esters is 1. The zero-order chi connectivity index (χ0) is 22.6. The second-order valence-corrected chi connectivity index (χ2v) is 7.41. The van der Waals surface area contributed by atoms with Crippen LogP contribution in [0, 0.1) is 10.1 Å². The molecular formula is C20H26Cl2N4O5. The van der Waals surface area contributed by atoms with E-state index in [4.69, 9.17) is 32.9 Å². The van der Waals surface area contributed by atoms with Crippen molar-refractivity contribution in [3.05, 3.63) is 46.3 Å². The van der Waals surface area contributed by atoms with Crippen LogP contribution in [0.5, 0.6) is 0 Å². The molecule has 0 radical (unpaired) electrons. The van der Waals surface area contributed by atoms with Crippen molar-refractivity contribution in [2.24, 2.45) is 7.05 Å². The summed E-state index contributed by atoms with van der Waals surface area (Å²) in [5, 5.41) is 9.12. The summed E-state index contributed by atoms with van der Waals surface area (Å²) in [6, 6.07) is 6.09. The second-order valence-electron chi connectivity index (χ2n) is 6.65. The summed E-state index contributed by atoms with van der Waals surface area (Å²) in [6.45, 7) is 1.30. The van der Waals surface area contributed by atoms with Crippen molar-refractivity contribution >= 4 is 45.9 Å². The fraction of sp³-hybridized carbons (Fsp3) is 0.500. The van der Waals surface area contributed by atoms with Gasteiger partial charge in [0.1, 0.15) is 19.0 Å². The number of imidazole rings is 1. The highest BCUT2D eigenvalue weighted by Gasteiger charge is 2.12. The number of aryl methyl sites for hydroxylation is 2. The Balaban J connectivity index is 1.87. The van der Waals surface area contributed by atoms with Crippen LogP contribution in [0.25, 0.3) is 11.0 Å². The maximum Gasteiger partial charge on any atom is 0.306 e. The van der Waals surface area contributed by atoms with Crippen LogP contribution in [0.2, 0.25) is 0 Å². The number of anilines is 1. The van der Waals surface area contributed by atoms with Crippen LogP contribution in [0.4, 0.5) is 5.69 Å². The van der Waals surface area contributed by atoms with Crippen molar-refractivity contribution < 1.29 is 19.5 Å². The molecule has 0 saturated carbocycles. The van der Waals surface area contributed by atoms with Gasteiger partial charge in [0.25, 0.3) is 5.09 Å². The number of benzene rings is 1. The number of hydrogen-bond donors (Lipinski definition) is 0. The highest BCUT2D eigenvalue weighted by molar-refractivity contribution is 6.18. The van der Waals surface area contributed by atoms with E-state index in [0.29, 0.717) is 37.7 Å². The summed E-state index contributed by atoms with van der Waals surface area (Å²) in [6.07, 6.45) is 4.41. The molecule has 0 bridgehead atoms. The lowest BCUT2D eigenvalue weighted by atomic mass is 10.2. The highest BCUT2D eigenvalue weighted by Crippen LogP contribution is 2.23. The predicted molar refractivity (Wildman–Crippen MR) is 120 cm³/mol. The van der Waals surface area contributed by atoms with Gasteiger partial charge in [-0.1, -0.05) is 6.08 Å². The van der Waals surface area contributed by atoms with Gasteiger partial charge in [-0.05, 0) is 30.7 Å². The van der Waals surface area contributed by atoms with Crippen molar-refractivity contribution in [2.45, 2.75) is 19.3 Å². The molecule has 1 heterocycles. The highest BCUT2D eigenvalue weighted by atomic mass is 35.5. The van der Waals surface area contributed by atoms with Gasteiger partial charge in [0.05, 0.1) is 11.0 Å². The molecule has 0 aliphatic rings. The van der Waals surface area contributed by atoms with Crippen LogP contribution in [-0.4, -0.2) is 58.7 Å². The quantitative estimate of drug-likeness (QED) is 0.136. The Hall–Kier alpha value is -2.52. The van der Waals surface area contributed by atoms with Gasteiger partial charge in [-0.2, -0.15) is 0 Å². The Morgan fingerprint density at radius 2 is 1.97 bits per heavy atom. The number of ether oxygens (including phenoxy) is 1. The molecule has 0 fully saturated rings. The molecule has 0 aliphatic heterocycles. The van der Waals surface area contributed by atoms with E-state index in [2.05, 4.69) is 9.74 Å². The monoisotopic (exact) mass is 472 g/mol. The number of halogens is 2. The van der Waals surface area contributed by atoms with Crippen LogP contribution in [0.15, 0.2) is 30.4 Å². The van der Waals surface area contributed by atoms with Gasteiger partial charge in [0.15, 0.2) is 0 Å². The summed E-state index contributed by atoms with van der Waals surface area (Å²) in [7, 11) is 1.95. The molecule has 0 atom stereocenters. The fourth-order valence-electron chi connectivity index (χ4n) is 3.08. The average Bonchev–Trinajstić information content (AvgIpc) is 3.05. The third-order valence-corrected chi connectivity index (χ3v) is 4.93. The van der Waals surface area contributed by atoms with Crippen molar-refractivity contribution in [1.82, 2.24) is 9.55 Å². The molecule has 9 nitrogen and oxygen atoms in total. The van der Waals surface area contributed by atoms with Crippen molar-refractivity contribution in [1.29, 1.82) is 0 Å². The van der Waals surface area contributed by atoms with Crippen molar-refractivity contribution in [3.63, 3.8) is 0 Å². The number of alkyl halides is 2. The normalized spacial score (nSPS) is 11.2. The Labute approximate surface area is 190 Å². The predicted octanol–water partition coefficient (Wildman–Crippen LogP) is 3.49. The average molecular weight is 473 g/mol.